The van der Waals surface area contributed by atoms with Crippen LogP contribution in [0.5, 0.6) is 0 Å². The van der Waals surface area contributed by atoms with Crippen LogP contribution in [-0.2, 0) is 0 Å². The number of rotatable bonds is 7. The highest BCUT2D eigenvalue weighted by Gasteiger charge is 2.16. The standard InChI is InChI=1S/C38H31N3/c1-3-9-32(25-40)29-15-18-34-31(23-29)17-20-36-35-19-16-30(28-12-7-11-27(22-28)26(2)10-8-21-39)24-37(35)41(38(34)36)33-13-5-4-6-14-33/h3-25,40H,1,39H2,2H3/b21-8-,26-10+,32-9+,40-25?. The van der Waals surface area contributed by atoms with Crippen LogP contribution < -0.4 is 5.73 Å². The van der Waals surface area contributed by atoms with Crippen LogP contribution in [0.1, 0.15) is 18.1 Å². The van der Waals surface area contributed by atoms with Crippen molar-refractivity contribution in [2.24, 2.45) is 5.73 Å². The highest BCUT2D eigenvalue weighted by molar-refractivity contribution is 6.20. The van der Waals surface area contributed by atoms with Crippen LogP contribution in [-0.4, -0.2) is 10.8 Å². The molecule has 1 aromatic heterocycles. The van der Waals surface area contributed by atoms with Crippen molar-refractivity contribution in [3.8, 4) is 16.8 Å². The molecule has 0 spiro atoms. The Morgan fingerprint density at radius 3 is 2.32 bits per heavy atom. The highest BCUT2D eigenvalue weighted by Crippen LogP contribution is 2.39. The van der Waals surface area contributed by atoms with Gasteiger partial charge in [0.05, 0.1) is 11.0 Å². The number of aromatic nitrogens is 1. The lowest BCUT2D eigenvalue weighted by Crippen LogP contribution is -1.95. The van der Waals surface area contributed by atoms with E-state index in [1.165, 1.54) is 44.6 Å². The van der Waals surface area contributed by atoms with E-state index in [-0.39, 0.29) is 0 Å². The van der Waals surface area contributed by atoms with Crippen LogP contribution in [0.15, 0.2) is 140 Å². The number of allylic oxidation sites excluding steroid dienone is 6. The van der Waals surface area contributed by atoms with Gasteiger partial charge in [-0.15, -0.1) is 0 Å². The molecule has 6 aromatic rings. The van der Waals surface area contributed by atoms with Gasteiger partial charge in [-0.1, -0.05) is 97.6 Å². The first kappa shape index (κ1) is 25.8. The molecule has 0 saturated carbocycles. The minimum Gasteiger partial charge on any atom is -0.405 e. The number of fused-ring (bicyclic) bond motifs is 5. The van der Waals surface area contributed by atoms with E-state index in [1.54, 1.807) is 12.3 Å². The van der Waals surface area contributed by atoms with Gasteiger partial charge in [0.15, 0.2) is 0 Å². The molecular weight excluding hydrogens is 498 g/mol. The number of benzene rings is 5. The summed E-state index contributed by atoms with van der Waals surface area (Å²) in [6.07, 6.45) is 10.4. The quantitative estimate of drug-likeness (QED) is 0.157. The Morgan fingerprint density at radius 2 is 1.54 bits per heavy atom. The molecule has 6 rings (SSSR count). The summed E-state index contributed by atoms with van der Waals surface area (Å²) in [4.78, 5) is 0. The van der Waals surface area contributed by atoms with Gasteiger partial charge in [0, 0.05) is 28.1 Å². The Labute approximate surface area is 240 Å². The lowest BCUT2D eigenvalue weighted by molar-refractivity contribution is 1.19. The molecular formula is C38H31N3. The number of para-hydroxylation sites is 1. The van der Waals surface area contributed by atoms with Crippen molar-refractivity contribution in [1.29, 1.82) is 5.41 Å². The van der Waals surface area contributed by atoms with Gasteiger partial charge in [0.2, 0.25) is 0 Å². The predicted molar refractivity (Wildman–Crippen MR) is 178 cm³/mol. The summed E-state index contributed by atoms with van der Waals surface area (Å²) in [5, 5.41) is 12.6. The lowest BCUT2D eigenvalue weighted by Gasteiger charge is -2.12. The van der Waals surface area contributed by atoms with E-state index in [9.17, 15) is 0 Å². The molecule has 0 aliphatic carbocycles. The fourth-order valence-electron chi connectivity index (χ4n) is 5.64. The zero-order valence-corrected chi connectivity index (χ0v) is 23.0. The number of nitrogens with two attached hydrogens (primary N) is 1. The third-order valence-electron chi connectivity index (χ3n) is 7.65. The molecule has 5 aromatic carbocycles. The smallest absolute Gasteiger partial charge is 0.0619 e. The number of nitrogens with zero attached hydrogens (tertiary/aromatic N) is 1. The third kappa shape index (κ3) is 4.68. The Balaban J connectivity index is 1.62. The molecule has 0 bridgehead atoms. The predicted octanol–water partition coefficient (Wildman–Crippen LogP) is 9.70. The molecule has 0 radical (unpaired) electrons. The van der Waals surface area contributed by atoms with E-state index in [1.807, 2.05) is 18.2 Å². The summed E-state index contributed by atoms with van der Waals surface area (Å²) >= 11 is 0. The second kappa shape index (κ2) is 11.0. The van der Waals surface area contributed by atoms with E-state index >= 15 is 0 Å². The fraction of sp³-hybridized carbons (Fsp3) is 0.0263. The third-order valence-corrected chi connectivity index (χ3v) is 7.65. The molecule has 0 fully saturated rings. The monoisotopic (exact) mass is 529 g/mol. The van der Waals surface area contributed by atoms with Crippen molar-refractivity contribution in [2.75, 3.05) is 0 Å². The van der Waals surface area contributed by atoms with Gasteiger partial charge in [-0.3, -0.25) is 0 Å². The summed E-state index contributed by atoms with van der Waals surface area (Å²) in [6, 6.07) is 36.8. The fourth-order valence-corrected chi connectivity index (χ4v) is 5.64. The van der Waals surface area contributed by atoms with E-state index in [0.29, 0.717) is 0 Å². The maximum absolute atomic E-state index is 7.86. The van der Waals surface area contributed by atoms with Crippen molar-refractivity contribution >= 4 is 49.9 Å². The maximum Gasteiger partial charge on any atom is 0.0619 e. The lowest BCUT2D eigenvalue weighted by atomic mass is 9.98. The molecule has 198 valence electrons. The second-order valence-corrected chi connectivity index (χ2v) is 10.1. The van der Waals surface area contributed by atoms with Crippen LogP contribution in [0.3, 0.4) is 0 Å². The summed E-state index contributed by atoms with van der Waals surface area (Å²) in [5.74, 6) is 0. The van der Waals surface area contributed by atoms with Gasteiger partial charge in [0.1, 0.15) is 0 Å². The van der Waals surface area contributed by atoms with Gasteiger partial charge in [-0.25, -0.2) is 0 Å². The zero-order valence-electron chi connectivity index (χ0n) is 23.0. The van der Waals surface area contributed by atoms with Crippen LogP contribution in [0.25, 0.3) is 60.5 Å². The Hall–Kier alpha value is -5.41. The molecule has 0 amide bonds. The van der Waals surface area contributed by atoms with E-state index in [2.05, 4.69) is 121 Å². The first-order valence-electron chi connectivity index (χ1n) is 13.7. The molecule has 3 N–H and O–H groups in total. The molecule has 3 heteroatoms. The summed E-state index contributed by atoms with van der Waals surface area (Å²) < 4.78 is 2.38. The topological polar surface area (TPSA) is 54.8 Å². The number of nitrogens with one attached hydrogen (secondary N) is 1. The number of hydrogen-bond acceptors (Lipinski definition) is 2. The van der Waals surface area contributed by atoms with Gasteiger partial charge >= 0.3 is 0 Å². The molecule has 3 nitrogen and oxygen atoms in total. The second-order valence-electron chi connectivity index (χ2n) is 10.1. The average Bonchev–Trinajstić information content (AvgIpc) is 3.36. The van der Waals surface area contributed by atoms with Crippen molar-refractivity contribution < 1.29 is 0 Å². The van der Waals surface area contributed by atoms with Crippen molar-refractivity contribution in [3.63, 3.8) is 0 Å². The molecule has 0 aliphatic heterocycles. The molecule has 41 heavy (non-hydrogen) atoms. The van der Waals surface area contributed by atoms with Gasteiger partial charge < -0.3 is 15.7 Å². The first-order valence-corrected chi connectivity index (χ1v) is 13.7. The largest absolute Gasteiger partial charge is 0.405 e. The SMILES string of the molecule is C=C/C=C(\C=N)c1ccc2c(ccc3c4ccc(-c5cccc(/C(C)=C/C=C\N)c5)cc4n(-c4ccccc4)c23)c1. The van der Waals surface area contributed by atoms with E-state index < -0.39 is 0 Å². The Bertz CT molecular complexity index is 2040. The van der Waals surface area contributed by atoms with Gasteiger partial charge in [-0.05, 0) is 88.3 Å². The zero-order chi connectivity index (χ0) is 28.3. The molecule has 1 heterocycles. The Morgan fingerprint density at radius 1 is 0.756 bits per heavy atom. The van der Waals surface area contributed by atoms with Crippen LogP contribution in [0.2, 0.25) is 0 Å². The molecule has 0 saturated heterocycles. The van der Waals surface area contributed by atoms with Gasteiger partial charge in [-0.2, -0.15) is 0 Å². The molecule has 0 atom stereocenters. The van der Waals surface area contributed by atoms with E-state index in [4.69, 9.17) is 11.1 Å². The van der Waals surface area contributed by atoms with Crippen LogP contribution in [0.4, 0.5) is 0 Å². The van der Waals surface area contributed by atoms with Crippen molar-refractivity contribution in [1.82, 2.24) is 4.57 Å². The average molecular weight is 530 g/mol. The maximum atomic E-state index is 7.86. The Kier molecular flexibility index (Phi) is 6.93. The minimum atomic E-state index is 0.835. The van der Waals surface area contributed by atoms with Crippen LogP contribution in [0, 0.1) is 5.41 Å². The first-order chi connectivity index (χ1) is 20.1. The summed E-state index contributed by atoms with van der Waals surface area (Å²) in [6.45, 7) is 5.91. The van der Waals surface area contributed by atoms with Crippen LogP contribution >= 0.6 is 0 Å². The summed E-state index contributed by atoms with van der Waals surface area (Å²) in [7, 11) is 0. The van der Waals surface area contributed by atoms with Gasteiger partial charge in [0.25, 0.3) is 0 Å². The minimum absolute atomic E-state index is 0.835. The van der Waals surface area contributed by atoms with Crippen molar-refractivity contribution in [2.45, 2.75) is 6.92 Å². The molecule has 0 unspecified atom stereocenters. The summed E-state index contributed by atoms with van der Waals surface area (Å²) in [5.41, 5.74) is 15.5. The number of hydrogen-bond donors (Lipinski definition) is 2. The normalized spacial score (nSPS) is 12.5. The highest BCUT2D eigenvalue weighted by atomic mass is 15.0. The van der Waals surface area contributed by atoms with E-state index in [0.717, 1.165) is 33.3 Å². The molecule has 0 aliphatic rings. The van der Waals surface area contributed by atoms with Crippen molar-refractivity contribution in [3.05, 3.63) is 151 Å².